The van der Waals surface area contributed by atoms with E-state index in [0.29, 0.717) is 5.75 Å². The lowest BCUT2D eigenvalue weighted by Gasteiger charge is -2.15. The minimum Gasteiger partial charge on any atom is -0.495 e. The molecule has 1 aromatic carbocycles. The predicted molar refractivity (Wildman–Crippen MR) is 109 cm³/mol. The molecule has 0 aliphatic rings. The maximum atomic E-state index is 12.3. The van der Waals surface area contributed by atoms with E-state index in [1.807, 2.05) is 54.9 Å². The van der Waals surface area contributed by atoms with Gasteiger partial charge in [0.1, 0.15) is 5.75 Å². The Kier molecular flexibility index (Phi) is 6.22. The molecule has 3 aromatic rings. The third-order valence-electron chi connectivity index (χ3n) is 4.43. The van der Waals surface area contributed by atoms with Gasteiger partial charge in [0.15, 0.2) is 0 Å². The Morgan fingerprint density at radius 1 is 1.36 bits per heavy atom. The molecular formula is C22H24N4O2. The molecule has 28 heavy (non-hydrogen) atoms. The van der Waals surface area contributed by atoms with Gasteiger partial charge in [0, 0.05) is 24.7 Å². The zero-order valence-electron chi connectivity index (χ0n) is 16.3. The Hall–Kier alpha value is -3.41. The summed E-state index contributed by atoms with van der Waals surface area (Å²) in [4.78, 5) is 20.7. The predicted octanol–water partition coefficient (Wildman–Crippen LogP) is 3.87. The van der Waals surface area contributed by atoms with Crippen LogP contribution < -0.4 is 10.1 Å². The molecule has 2 heterocycles. The van der Waals surface area contributed by atoms with E-state index in [4.69, 9.17) is 4.74 Å². The summed E-state index contributed by atoms with van der Waals surface area (Å²) < 4.78 is 7.42. The summed E-state index contributed by atoms with van der Waals surface area (Å²) in [7, 11) is 1.63. The Bertz CT molecular complexity index is 964. The lowest BCUT2D eigenvalue weighted by Crippen LogP contribution is -2.26. The SMILES string of the molecule is CCC(NC(=O)C=Cc1ccc(-n2cnc(C)c2)c(OC)c1)c1cccnc1. The molecular weight excluding hydrogens is 352 g/mol. The van der Waals surface area contributed by atoms with E-state index in [-0.39, 0.29) is 11.9 Å². The summed E-state index contributed by atoms with van der Waals surface area (Å²) in [5, 5.41) is 3.01. The monoisotopic (exact) mass is 376 g/mol. The van der Waals surface area contributed by atoms with Crippen LogP contribution in [0.3, 0.4) is 0 Å². The summed E-state index contributed by atoms with van der Waals surface area (Å²) >= 11 is 0. The first-order valence-corrected chi connectivity index (χ1v) is 9.18. The molecule has 144 valence electrons. The van der Waals surface area contributed by atoms with Crippen molar-refractivity contribution in [3.05, 3.63) is 78.1 Å². The van der Waals surface area contributed by atoms with Crippen LogP contribution in [0.1, 0.15) is 36.2 Å². The van der Waals surface area contributed by atoms with Crippen molar-refractivity contribution in [3.8, 4) is 11.4 Å². The molecule has 0 bridgehead atoms. The molecule has 1 unspecified atom stereocenters. The fourth-order valence-electron chi connectivity index (χ4n) is 2.96. The molecule has 6 heteroatoms. The van der Waals surface area contributed by atoms with E-state index in [1.54, 1.807) is 31.9 Å². The molecule has 0 saturated heterocycles. The zero-order valence-corrected chi connectivity index (χ0v) is 16.3. The number of hydrogen-bond donors (Lipinski definition) is 1. The van der Waals surface area contributed by atoms with E-state index in [1.165, 1.54) is 6.08 Å². The Morgan fingerprint density at radius 2 is 2.21 bits per heavy atom. The number of hydrogen-bond acceptors (Lipinski definition) is 4. The molecule has 0 aliphatic carbocycles. The highest BCUT2D eigenvalue weighted by atomic mass is 16.5. The number of imidazole rings is 1. The highest BCUT2D eigenvalue weighted by Crippen LogP contribution is 2.25. The van der Waals surface area contributed by atoms with E-state index >= 15 is 0 Å². The number of methoxy groups -OCH3 is 1. The lowest BCUT2D eigenvalue weighted by molar-refractivity contribution is -0.117. The Balaban J connectivity index is 1.72. The molecule has 0 radical (unpaired) electrons. The van der Waals surface area contributed by atoms with Gasteiger partial charge in [-0.05, 0) is 48.7 Å². The van der Waals surface area contributed by atoms with Crippen molar-refractivity contribution in [3.63, 3.8) is 0 Å². The normalized spacial score (nSPS) is 12.1. The fourth-order valence-corrected chi connectivity index (χ4v) is 2.96. The second-order valence-electron chi connectivity index (χ2n) is 6.44. The molecule has 0 aliphatic heterocycles. The number of nitrogens with zero attached hydrogens (tertiary/aromatic N) is 3. The van der Waals surface area contributed by atoms with Gasteiger partial charge in [0.2, 0.25) is 5.91 Å². The third-order valence-corrected chi connectivity index (χ3v) is 4.43. The van der Waals surface area contributed by atoms with Crippen molar-refractivity contribution in [2.45, 2.75) is 26.3 Å². The summed E-state index contributed by atoms with van der Waals surface area (Å²) in [5.74, 6) is 0.561. The van der Waals surface area contributed by atoms with E-state index in [9.17, 15) is 4.79 Å². The Labute approximate surface area is 164 Å². The number of nitrogens with one attached hydrogen (secondary N) is 1. The Morgan fingerprint density at radius 3 is 2.86 bits per heavy atom. The van der Waals surface area contributed by atoms with Crippen LogP contribution >= 0.6 is 0 Å². The van der Waals surface area contributed by atoms with Crippen LogP contribution in [0.15, 0.2) is 61.3 Å². The molecule has 6 nitrogen and oxygen atoms in total. The maximum Gasteiger partial charge on any atom is 0.244 e. The van der Waals surface area contributed by atoms with Gasteiger partial charge in [-0.15, -0.1) is 0 Å². The second kappa shape index (κ2) is 8.99. The maximum absolute atomic E-state index is 12.3. The highest BCUT2D eigenvalue weighted by molar-refractivity contribution is 5.92. The van der Waals surface area contributed by atoms with Gasteiger partial charge in [-0.3, -0.25) is 9.78 Å². The fraction of sp³-hybridized carbons (Fsp3) is 0.227. The van der Waals surface area contributed by atoms with E-state index in [0.717, 1.165) is 28.9 Å². The molecule has 0 fully saturated rings. The van der Waals surface area contributed by atoms with Crippen molar-refractivity contribution in [2.75, 3.05) is 7.11 Å². The van der Waals surface area contributed by atoms with Gasteiger partial charge in [-0.2, -0.15) is 0 Å². The van der Waals surface area contributed by atoms with Crippen LogP contribution in [-0.2, 0) is 4.79 Å². The van der Waals surface area contributed by atoms with Crippen LogP contribution in [-0.4, -0.2) is 27.6 Å². The first-order chi connectivity index (χ1) is 13.6. The molecule has 1 N–H and O–H groups in total. The summed E-state index contributed by atoms with van der Waals surface area (Å²) in [6.45, 7) is 3.97. The van der Waals surface area contributed by atoms with Crippen molar-refractivity contribution >= 4 is 12.0 Å². The number of pyridine rings is 1. The van der Waals surface area contributed by atoms with E-state index in [2.05, 4.69) is 15.3 Å². The van der Waals surface area contributed by atoms with Crippen LogP contribution in [0.2, 0.25) is 0 Å². The quantitative estimate of drug-likeness (QED) is 0.636. The van der Waals surface area contributed by atoms with Crippen molar-refractivity contribution in [1.82, 2.24) is 19.9 Å². The number of carbonyl (C=O) groups is 1. The van der Waals surface area contributed by atoms with Crippen LogP contribution in [0, 0.1) is 6.92 Å². The average molecular weight is 376 g/mol. The number of ether oxygens (including phenoxy) is 1. The number of carbonyl (C=O) groups excluding carboxylic acids is 1. The summed E-state index contributed by atoms with van der Waals surface area (Å²) in [5.41, 5.74) is 3.70. The summed E-state index contributed by atoms with van der Waals surface area (Å²) in [6, 6.07) is 9.55. The zero-order chi connectivity index (χ0) is 19.9. The average Bonchev–Trinajstić information content (AvgIpc) is 3.17. The van der Waals surface area contributed by atoms with E-state index < -0.39 is 0 Å². The topological polar surface area (TPSA) is 69.0 Å². The van der Waals surface area contributed by atoms with Crippen molar-refractivity contribution < 1.29 is 9.53 Å². The number of aryl methyl sites for hydroxylation is 1. The number of aromatic nitrogens is 3. The number of benzene rings is 1. The minimum absolute atomic E-state index is 0.0627. The third kappa shape index (κ3) is 4.65. The molecule has 0 spiro atoms. The number of amides is 1. The van der Waals surface area contributed by atoms with Gasteiger partial charge in [-0.25, -0.2) is 4.98 Å². The first-order valence-electron chi connectivity index (χ1n) is 9.18. The van der Waals surface area contributed by atoms with Crippen LogP contribution in [0.5, 0.6) is 5.75 Å². The molecule has 1 atom stereocenters. The standard InChI is InChI=1S/C22H24N4O2/c1-4-19(18-6-5-11-23-13-18)25-22(27)10-8-17-7-9-20(21(12-17)28-3)26-14-16(2)24-15-26/h5-15,19H,4H2,1-3H3,(H,25,27). The molecule has 1 amide bonds. The van der Waals surface area contributed by atoms with Crippen molar-refractivity contribution in [2.24, 2.45) is 0 Å². The van der Waals surface area contributed by atoms with Gasteiger partial charge in [0.05, 0.1) is 30.9 Å². The largest absolute Gasteiger partial charge is 0.495 e. The van der Waals surface area contributed by atoms with Crippen LogP contribution in [0.4, 0.5) is 0 Å². The first kappa shape index (κ1) is 19.4. The highest BCUT2D eigenvalue weighted by Gasteiger charge is 2.11. The minimum atomic E-state index is -0.149. The molecule has 3 rings (SSSR count). The number of rotatable bonds is 7. The summed E-state index contributed by atoms with van der Waals surface area (Å²) in [6.07, 6.45) is 11.3. The second-order valence-corrected chi connectivity index (χ2v) is 6.44. The van der Waals surface area contributed by atoms with Gasteiger partial charge < -0.3 is 14.6 Å². The van der Waals surface area contributed by atoms with Crippen LogP contribution in [0.25, 0.3) is 11.8 Å². The van der Waals surface area contributed by atoms with Gasteiger partial charge in [-0.1, -0.05) is 19.1 Å². The van der Waals surface area contributed by atoms with Crippen molar-refractivity contribution in [1.29, 1.82) is 0 Å². The lowest BCUT2D eigenvalue weighted by atomic mass is 10.1. The molecule has 2 aromatic heterocycles. The van der Waals surface area contributed by atoms with Gasteiger partial charge >= 0.3 is 0 Å². The molecule has 0 saturated carbocycles. The van der Waals surface area contributed by atoms with Gasteiger partial charge in [0.25, 0.3) is 0 Å². The smallest absolute Gasteiger partial charge is 0.244 e.